The smallest absolute Gasteiger partial charge is 0.252 e. The molecule has 0 aromatic carbocycles. The maximum Gasteiger partial charge on any atom is 0.252 e. The van der Waals surface area contributed by atoms with E-state index in [2.05, 4.69) is 11.2 Å². The van der Waals surface area contributed by atoms with Gasteiger partial charge in [-0.15, -0.1) is 6.42 Å². The van der Waals surface area contributed by atoms with Crippen LogP contribution in [0.2, 0.25) is 0 Å². The van der Waals surface area contributed by atoms with E-state index in [1.807, 2.05) is 6.92 Å². The molecule has 4 nitrogen and oxygen atoms in total. The van der Waals surface area contributed by atoms with Crippen LogP contribution in [0.5, 0.6) is 0 Å². The van der Waals surface area contributed by atoms with Crippen LogP contribution in [0.15, 0.2) is 23.1 Å². The number of hydrogen-bond acceptors (Lipinski definition) is 2. The Balaban J connectivity index is 2.86. The average Bonchev–Trinajstić information content (AvgIpc) is 2.29. The number of pyridine rings is 1. The van der Waals surface area contributed by atoms with Gasteiger partial charge in [0, 0.05) is 24.9 Å². The Morgan fingerprint density at radius 1 is 1.69 bits per heavy atom. The molecule has 1 N–H and O–H groups in total. The number of hydrogen-bond donors (Lipinski definition) is 1. The van der Waals surface area contributed by atoms with Crippen molar-refractivity contribution < 1.29 is 4.79 Å². The minimum atomic E-state index is -0.317. The molecule has 0 fully saturated rings. The quantitative estimate of drug-likeness (QED) is 0.752. The van der Waals surface area contributed by atoms with Crippen LogP contribution in [0, 0.1) is 12.3 Å². The van der Waals surface area contributed by atoms with Crippen molar-refractivity contribution in [3.8, 4) is 12.3 Å². The van der Waals surface area contributed by atoms with Gasteiger partial charge in [-0.3, -0.25) is 9.59 Å². The SMILES string of the molecule is C#CC(CC)NC(=O)c1ccn(C)c(=O)c1. The monoisotopic (exact) mass is 218 g/mol. The molecule has 84 valence electrons. The number of nitrogens with one attached hydrogen (secondary N) is 1. The molecule has 0 bridgehead atoms. The second-order valence-electron chi connectivity index (χ2n) is 3.47. The van der Waals surface area contributed by atoms with Crippen LogP contribution >= 0.6 is 0 Å². The van der Waals surface area contributed by atoms with E-state index in [0.29, 0.717) is 12.0 Å². The van der Waals surface area contributed by atoms with Crippen LogP contribution in [0.1, 0.15) is 23.7 Å². The second-order valence-corrected chi connectivity index (χ2v) is 3.47. The van der Waals surface area contributed by atoms with Gasteiger partial charge in [0.2, 0.25) is 0 Å². The van der Waals surface area contributed by atoms with Crippen molar-refractivity contribution in [1.29, 1.82) is 0 Å². The number of rotatable bonds is 3. The van der Waals surface area contributed by atoms with Gasteiger partial charge in [-0.1, -0.05) is 12.8 Å². The molecule has 1 atom stereocenters. The summed E-state index contributed by atoms with van der Waals surface area (Å²) in [5, 5.41) is 2.66. The lowest BCUT2D eigenvalue weighted by atomic mass is 10.2. The molecule has 1 aromatic heterocycles. The summed E-state index contributed by atoms with van der Waals surface area (Å²) in [7, 11) is 1.63. The summed E-state index contributed by atoms with van der Waals surface area (Å²) in [5.74, 6) is 2.15. The van der Waals surface area contributed by atoms with Crippen molar-refractivity contribution in [1.82, 2.24) is 9.88 Å². The van der Waals surface area contributed by atoms with E-state index in [0.717, 1.165) is 0 Å². The Hall–Kier alpha value is -2.02. The number of aromatic nitrogens is 1. The minimum Gasteiger partial charge on any atom is -0.338 e. The van der Waals surface area contributed by atoms with Gasteiger partial charge in [0.15, 0.2) is 0 Å². The first-order chi connectivity index (χ1) is 7.58. The van der Waals surface area contributed by atoms with E-state index < -0.39 is 0 Å². The lowest BCUT2D eigenvalue weighted by Gasteiger charge is -2.10. The van der Waals surface area contributed by atoms with E-state index in [1.54, 1.807) is 19.3 Å². The summed E-state index contributed by atoms with van der Waals surface area (Å²) in [6.45, 7) is 1.88. The molecule has 0 saturated heterocycles. The summed E-state index contributed by atoms with van der Waals surface area (Å²) in [6.07, 6.45) is 7.44. The third-order valence-corrected chi connectivity index (χ3v) is 2.28. The highest BCUT2D eigenvalue weighted by atomic mass is 16.2. The van der Waals surface area contributed by atoms with Crippen LogP contribution in [0.3, 0.4) is 0 Å². The molecule has 0 aliphatic rings. The summed E-state index contributed by atoms with van der Waals surface area (Å²) in [4.78, 5) is 23.0. The fourth-order valence-electron chi connectivity index (χ4n) is 1.19. The minimum absolute atomic E-state index is 0.221. The highest BCUT2D eigenvalue weighted by Crippen LogP contribution is 1.96. The predicted molar refractivity (Wildman–Crippen MR) is 62.1 cm³/mol. The van der Waals surface area contributed by atoms with Gasteiger partial charge in [-0.2, -0.15) is 0 Å². The van der Waals surface area contributed by atoms with E-state index >= 15 is 0 Å². The Bertz CT molecular complexity index is 483. The molecule has 0 spiro atoms. The third kappa shape index (κ3) is 2.74. The van der Waals surface area contributed by atoms with Crippen LogP contribution < -0.4 is 10.9 Å². The number of carbonyl (C=O) groups excluding carboxylic acids is 1. The Kier molecular flexibility index (Phi) is 3.90. The number of amides is 1. The molecule has 1 aromatic rings. The Labute approximate surface area is 94.3 Å². The molecular formula is C12H14N2O2. The molecule has 0 aliphatic heterocycles. The number of nitrogens with zero attached hydrogens (tertiary/aromatic N) is 1. The first-order valence-electron chi connectivity index (χ1n) is 5.02. The van der Waals surface area contributed by atoms with Gasteiger partial charge in [-0.25, -0.2) is 0 Å². The third-order valence-electron chi connectivity index (χ3n) is 2.28. The first-order valence-corrected chi connectivity index (χ1v) is 5.02. The highest BCUT2D eigenvalue weighted by Gasteiger charge is 2.10. The van der Waals surface area contributed by atoms with Crippen LogP contribution in [-0.2, 0) is 7.05 Å². The zero-order chi connectivity index (χ0) is 12.1. The molecular weight excluding hydrogens is 204 g/mol. The van der Waals surface area contributed by atoms with Gasteiger partial charge in [0.1, 0.15) is 0 Å². The largest absolute Gasteiger partial charge is 0.338 e. The lowest BCUT2D eigenvalue weighted by molar-refractivity contribution is 0.0944. The van der Waals surface area contributed by atoms with Gasteiger partial charge in [0.25, 0.3) is 11.5 Å². The molecule has 1 unspecified atom stereocenters. The predicted octanol–water partition coefficient (Wildman–Crippen LogP) is 0.527. The van der Waals surface area contributed by atoms with Gasteiger partial charge in [-0.05, 0) is 12.5 Å². The standard InChI is InChI=1S/C12H14N2O2/c1-4-10(5-2)13-12(16)9-6-7-14(3)11(15)8-9/h1,6-8,10H,5H2,2-3H3,(H,13,16). The Morgan fingerprint density at radius 3 is 2.88 bits per heavy atom. The summed E-state index contributed by atoms with van der Waals surface area (Å²) in [6, 6.07) is 2.58. The fourth-order valence-corrected chi connectivity index (χ4v) is 1.19. The molecule has 1 rings (SSSR count). The first kappa shape index (κ1) is 12.1. The lowest BCUT2D eigenvalue weighted by Crippen LogP contribution is -2.34. The summed E-state index contributed by atoms with van der Waals surface area (Å²) in [5.41, 5.74) is 0.109. The maximum absolute atomic E-state index is 11.7. The highest BCUT2D eigenvalue weighted by molar-refractivity contribution is 5.94. The van der Waals surface area contributed by atoms with E-state index in [4.69, 9.17) is 6.42 Å². The number of carbonyl (C=O) groups is 1. The molecule has 0 radical (unpaired) electrons. The van der Waals surface area contributed by atoms with Crippen molar-refractivity contribution in [3.05, 3.63) is 34.2 Å². The maximum atomic E-state index is 11.7. The van der Waals surface area contributed by atoms with Gasteiger partial charge in [0.05, 0.1) is 6.04 Å². The Morgan fingerprint density at radius 2 is 2.38 bits per heavy atom. The molecule has 1 amide bonds. The van der Waals surface area contributed by atoms with Crippen molar-refractivity contribution in [2.45, 2.75) is 19.4 Å². The van der Waals surface area contributed by atoms with Crippen molar-refractivity contribution in [2.24, 2.45) is 7.05 Å². The zero-order valence-corrected chi connectivity index (χ0v) is 9.36. The van der Waals surface area contributed by atoms with Gasteiger partial charge < -0.3 is 9.88 Å². The molecule has 0 aliphatic carbocycles. The van der Waals surface area contributed by atoms with E-state index in [1.165, 1.54) is 10.6 Å². The molecule has 1 heterocycles. The van der Waals surface area contributed by atoms with Crippen LogP contribution in [0.25, 0.3) is 0 Å². The number of terminal acetylenes is 1. The zero-order valence-electron chi connectivity index (χ0n) is 9.36. The van der Waals surface area contributed by atoms with E-state index in [9.17, 15) is 9.59 Å². The van der Waals surface area contributed by atoms with Crippen molar-refractivity contribution in [3.63, 3.8) is 0 Å². The summed E-state index contributed by atoms with van der Waals surface area (Å²) >= 11 is 0. The topological polar surface area (TPSA) is 51.1 Å². The fraction of sp³-hybridized carbons (Fsp3) is 0.333. The molecule has 4 heteroatoms. The van der Waals surface area contributed by atoms with Gasteiger partial charge >= 0.3 is 0 Å². The molecule has 0 saturated carbocycles. The summed E-state index contributed by atoms with van der Waals surface area (Å²) < 4.78 is 1.40. The van der Waals surface area contributed by atoms with Crippen LogP contribution in [0.4, 0.5) is 0 Å². The van der Waals surface area contributed by atoms with Crippen LogP contribution in [-0.4, -0.2) is 16.5 Å². The molecule has 16 heavy (non-hydrogen) atoms. The normalized spacial score (nSPS) is 11.6. The average molecular weight is 218 g/mol. The van der Waals surface area contributed by atoms with Crippen molar-refractivity contribution >= 4 is 5.91 Å². The van der Waals surface area contributed by atoms with Crippen molar-refractivity contribution in [2.75, 3.05) is 0 Å². The number of aryl methyl sites for hydroxylation is 1. The second kappa shape index (κ2) is 5.17. The van der Waals surface area contributed by atoms with E-state index in [-0.39, 0.29) is 17.5 Å².